The Morgan fingerprint density at radius 2 is 2.00 bits per heavy atom. The minimum atomic E-state index is 0.167. The van der Waals surface area contributed by atoms with Crippen molar-refractivity contribution in [2.24, 2.45) is 0 Å². The van der Waals surface area contributed by atoms with Crippen LogP contribution < -0.4 is 10.1 Å². The Labute approximate surface area is 100 Å². The van der Waals surface area contributed by atoms with Gasteiger partial charge in [0, 0.05) is 6.04 Å². The molecule has 2 rings (SSSR count). The lowest BCUT2D eigenvalue weighted by molar-refractivity contribution is 0.107. The zero-order valence-corrected chi connectivity index (χ0v) is 10.1. The fraction of sp³-hybridized carbons (Fsp3) is 0.636. The summed E-state index contributed by atoms with van der Waals surface area (Å²) in [5.41, 5.74) is 0. The molecule has 1 aromatic heterocycles. The maximum Gasteiger partial charge on any atom is 0.316 e. The summed E-state index contributed by atoms with van der Waals surface area (Å²) in [6.07, 6.45) is 7.94. The molecule has 0 bridgehead atoms. The summed E-state index contributed by atoms with van der Waals surface area (Å²) >= 11 is 5.72. The second kappa shape index (κ2) is 5.46. The molecule has 1 saturated carbocycles. The number of nitrogens with zero attached hydrogens (tertiary/aromatic N) is 2. The summed E-state index contributed by atoms with van der Waals surface area (Å²) in [5, 5.41) is 3.81. The zero-order valence-electron chi connectivity index (χ0n) is 9.32. The molecule has 0 saturated heterocycles. The molecule has 1 heterocycles. The van der Waals surface area contributed by atoms with E-state index in [9.17, 15) is 0 Å². The molecule has 1 aromatic rings. The van der Waals surface area contributed by atoms with Crippen LogP contribution in [0.4, 0.5) is 0 Å². The molecule has 5 heteroatoms. The number of rotatable bonds is 3. The summed E-state index contributed by atoms with van der Waals surface area (Å²) < 4.78 is 5.77. The van der Waals surface area contributed by atoms with Gasteiger partial charge in [-0.25, -0.2) is 9.97 Å². The third-order valence-corrected chi connectivity index (χ3v) is 3.12. The first kappa shape index (κ1) is 11.6. The van der Waals surface area contributed by atoms with Crippen LogP contribution in [0, 0.1) is 0 Å². The van der Waals surface area contributed by atoms with Gasteiger partial charge in [0.15, 0.2) is 0 Å². The van der Waals surface area contributed by atoms with Gasteiger partial charge in [-0.2, -0.15) is 0 Å². The van der Waals surface area contributed by atoms with Crippen molar-refractivity contribution in [1.82, 2.24) is 15.3 Å². The van der Waals surface area contributed by atoms with Crippen molar-refractivity contribution in [3.8, 4) is 6.01 Å². The predicted molar refractivity (Wildman–Crippen MR) is 62.8 cm³/mol. The number of nitrogens with one attached hydrogen (secondary N) is 1. The van der Waals surface area contributed by atoms with Gasteiger partial charge in [-0.1, -0.05) is 18.0 Å². The molecule has 0 spiro atoms. The van der Waals surface area contributed by atoms with Crippen LogP contribution in [0.2, 0.25) is 5.02 Å². The van der Waals surface area contributed by atoms with Crippen molar-refractivity contribution in [3.63, 3.8) is 0 Å². The number of halogens is 1. The van der Waals surface area contributed by atoms with Gasteiger partial charge < -0.3 is 10.1 Å². The van der Waals surface area contributed by atoms with E-state index in [1.165, 1.54) is 12.8 Å². The quantitative estimate of drug-likeness (QED) is 0.880. The first-order chi connectivity index (χ1) is 7.79. The van der Waals surface area contributed by atoms with Crippen LogP contribution in [-0.4, -0.2) is 29.2 Å². The normalized spacial score (nSPS) is 25.4. The van der Waals surface area contributed by atoms with E-state index in [0.29, 0.717) is 17.1 Å². The average Bonchev–Trinajstić information content (AvgIpc) is 2.33. The second-order valence-corrected chi connectivity index (χ2v) is 4.46. The van der Waals surface area contributed by atoms with Gasteiger partial charge in [-0.3, -0.25) is 0 Å². The molecule has 0 radical (unpaired) electrons. The summed E-state index contributed by atoms with van der Waals surface area (Å²) in [5.74, 6) is 0. The average molecular weight is 242 g/mol. The van der Waals surface area contributed by atoms with E-state index in [-0.39, 0.29) is 6.10 Å². The number of hydrogen-bond donors (Lipinski definition) is 1. The third-order valence-electron chi connectivity index (χ3n) is 2.93. The van der Waals surface area contributed by atoms with Gasteiger partial charge in [-0.05, 0) is 26.3 Å². The molecule has 1 aliphatic rings. The van der Waals surface area contributed by atoms with E-state index >= 15 is 0 Å². The topological polar surface area (TPSA) is 47.0 Å². The highest BCUT2D eigenvalue weighted by Crippen LogP contribution is 2.22. The molecule has 1 aliphatic carbocycles. The predicted octanol–water partition coefficient (Wildman–Crippen LogP) is 2.04. The maximum atomic E-state index is 5.77. The molecule has 2 atom stereocenters. The number of likely N-dealkylation sites (N-methyl/N-ethyl adjacent to an activating group) is 1. The number of ether oxygens (including phenoxy) is 1. The van der Waals surface area contributed by atoms with Gasteiger partial charge in [0.05, 0.1) is 17.4 Å². The lowest BCUT2D eigenvalue weighted by atomic mass is 9.92. The number of hydrogen-bond acceptors (Lipinski definition) is 4. The monoisotopic (exact) mass is 241 g/mol. The Bertz CT molecular complexity index is 331. The van der Waals surface area contributed by atoms with Gasteiger partial charge in [0.1, 0.15) is 6.10 Å². The highest BCUT2D eigenvalue weighted by molar-refractivity contribution is 6.30. The summed E-state index contributed by atoms with van der Waals surface area (Å²) in [7, 11) is 1.97. The standard InChI is InChI=1S/C11H16ClN3O/c1-13-9-4-2-3-5-10(9)16-11-14-6-8(12)7-15-11/h6-7,9-10,13H,2-5H2,1H3. The first-order valence-electron chi connectivity index (χ1n) is 5.61. The summed E-state index contributed by atoms with van der Waals surface area (Å²) in [6, 6.07) is 0.810. The smallest absolute Gasteiger partial charge is 0.316 e. The Morgan fingerprint density at radius 3 is 2.69 bits per heavy atom. The van der Waals surface area contributed by atoms with Crippen LogP contribution in [0.1, 0.15) is 25.7 Å². The lowest BCUT2D eigenvalue weighted by Crippen LogP contribution is -2.43. The molecule has 2 unspecified atom stereocenters. The van der Waals surface area contributed by atoms with Crippen LogP contribution in [0.25, 0.3) is 0 Å². The Kier molecular flexibility index (Phi) is 3.96. The van der Waals surface area contributed by atoms with Crippen molar-refractivity contribution < 1.29 is 4.74 Å². The van der Waals surface area contributed by atoms with E-state index in [0.717, 1.165) is 12.8 Å². The van der Waals surface area contributed by atoms with E-state index in [1.54, 1.807) is 12.4 Å². The largest absolute Gasteiger partial charge is 0.458 e. The van der Waals surface area contributed by atoms with Crippen LogP contribution in [0.5, 0.6) is 6.01 Å². The maximum absolute atomic E-state index is 5.77. The summed E-state index contributed by atoms with van der Waals surface area (Å²) in [6.45, 7) is 0. The van der Waals surface area contributed by atoms with Crippen LogP contribution >= 0.6 is 11.6 Å². The number of aromatic nitrogens is 2. The van der Waals surface area contributed by atoms with E-state index in [1.807, 2.05) is 7.05 Å². The minimum absolute atomic E-state index is 0.167. The summed E-state index contributed by atoms with van der Waals surface area (Å²) in [4.78, 5) is 8.10. The molecule has 0 amide bonds. The van der Waals surface area contributed by atoms with Crippen LogP contribution in [-0.2, 0) is 0 Å². The van der Waals surface area contributed by atoms with Gasteiger partial charge in [0.2, 0.25) is 0 Å². The van der Waals surface area contributed by atoms with Gasteiger partial charge in [0.25, 0.3) is 0 Å². The fourth-order valence-corrected chi connectivity index (χ4v) is 2.16. The highest BCUT2D eigenvalue weighted by Gasteiger charge is 2.25. The molecule has 0 aliphatic heterocycles. The van der Waals surface area contributed by atoms with E-state index in [4.69, 9.17) is 16.3 Å². The van der Waals surface area contributed by atoms with Crippen molar-refractivity contribution in [2.75, 3.05) is 7.05 Å². The first-order valence-corrected chi connectivity index (χ1v) is 5.99. The molecule has 88 valence electrons. The Hall–Kier alpha value is -0.870. The molecular formula is C11H16ClN3O. The van der Waals surface area contributed by atoms with Gasteiger partial charge in [-0.15, -0.1) is 0 Å². The van der Waals surface area contributed by atoms with Crippen molar-refractivity contribution in [1.29, 1.82) is 0 Å². The van der Waals surface area contributed by atoms with E-state index in [2.05, 4.69) is 15.3 Å². The molecule has 1 fully saturated rings. The highest BCUT2D eigenvalue weighted by atomic mass is 35.5. The Balaban J connectivity index is 1.99. The minimum Gasteiger partial charge on any atom is -0.458 e. The fourth-order valence-electron chi connectivity index (χ4n) is 2.06. The van der Waals surface area contributed by atoms with Gasteiger partial charge >= 0.3 is 6.01 Å². The van der Waals surface area contributed by atoms with Crippen molar-refractivity contribution in [3.05, 3.63) is 17.4 Å². The molecule has 0 aromatic carbocycles. The van der Waals surface area contributed by atoms with Crippen molar-refractivity contribution in [2.45, 2.75) is 37.8 Å². The molecule has 16 heavy (non-hydrogen) atoms. The third kappa shape index (κ3) is 2.83. The van der Waals surface area contributed by atoms with Crippen LogP contribution in [0.15, 0.2) is 12.4 Å². The Morgan fingerprint density at radius 1 is 1.31 bits per heavy atom. The van der Waals surface area contributed by atoms with Crippen LogP contribution in [0.3, 0.4) is 0 Å². The SMILES string of the molecule is CNC1CCCCC1Oc1ncc(Cl)cn1. The zero-order chi connectivity index (χ0) is 11.4. The second-order valence-electron chi connectivity index (χ2n) is 4.02. The lowest BCUT2D eigenvalue weighted by Gasteiger charge is -2.30. The molecule has 1 N–H and O–H groups in total. The van der Waals surface area contributed by atoms with E-state index < -0.39 is 0 Å². The van der Waals surface area contributed by atoms with Crippen molar-refractivity contribution >= 4 is 11.6 Å². The molecule has 4 nitrogen and oxygen atoms in total. The molecular weight excluding hydrogens is 226 g/mol.